The molecular formula is C10H10Br2N2O3. The first-order valence-corrected chi connectivity index (χ1v) is 6.20. The van der Waals surface area contributed by atoms with Gasteiger partial charge >= 0.3 is 6.03 Å². The van der Waals surface area contributed by atoms with Gasteiger partial charge in [0.15, 0.2) is 6.10 Å². The second-order valence-corrected chi connectivity index (χ2v) is 4.96. The lowest BCUT2D eigenvalue weighted by molar-refractivity contribution is -0.126. The van der Waals surface area contributed by atoms with Crippen molar-refractivity contribution in [1.29, 1.82) is 0 Å². The molecular weight excluding hydrogens is 356 g/mol. The number of rotatable bonds is 3. The lowest BCUT2D eigenvalue weighted by Crippen LogP contribution is -2.42. The number of carbonyl (C=O) groups excluding carboxylic acids is 2. The van der Waals surface area contributed by atoms with E-state index in [0.29, 0.717) is 10.2 Å². The Morgan fingerprint density at radius 1 is 1.41 bits per heavy atom. The number of imide groups is 1. The number of nitrogens with two attached hydrogens (primary N) is 1. The van der Waals surface area contributed by atoms with Crippen molar-refractivity contribution in [2.24, 2.45) is 5.73 Å². The number of hydrogen-bond donors (Lipinski definition) is 2. The van der Waals surface area contributed by atoms with Gasteiger partial charge < -0.3 is 10.5 Å². The van der Waals surface area contributed by atoms with E-state index in [2.05, 4.69) is 31.9 Å². The van der Waals surface area contributed by atoms with E-state index >= 15 is 0 Å². The number of carbonyl (C=O) groups is 2. The summed E-state index contributed by atoms with van der Waals surface area (Å²) in [6.45, 7) is 1.52. The van der Waals surface area contributed by atoms with Crippen LogP contribution in [-0.2, 0) is 4.79 Å². The fourth-order valence-electron chi connectivity index (χ4n) is 1.04. The van der Waals surface area contributed by atoms with E-state index in [1.54, 1.807) is 18.2 Å². The molecule has 7 heteroatoms. The summed E-state index contributed by atoms with van der Waals surface area (Å²) < 4.78 is 6.96. The zero-order valence-corrected chi connectivity index (χ0v) is 12.0. The van der Waals surface area contributed by atoms with Crippen LogP contribution in [0, 0.1) is 0 Å². The molecule has 17 heavy (non-hydrogen) atoms. The number of amides is 3. The standard InChI is InChI=1S/C10H10Br2N2O3/c1-5(9(15)14-10(13)16)17-8-3-2-6(11)4-7(8)12/h2-5H,1H3,(H3,13,14,15,16)/t5-/m0/s1. The zero-order chi connectivity index (χ0) is 13.0. The average molecular weight is 366 g/mol. The zero-order valence-electron chi connectivity index (χ0n) is 8.87. The number of benzene rings is 1. The van der Waals surface area contributed by atoms with E-state index in [0.717, 1.165) is 4.47 Å². The van der Waals surface area contributed by atoms with E-state index < -0.39 is 18.0 Å². The molecule has 1 aromatic rings. The fourth-order valence-corrected chi connectivity index (χ4v) is 2.18. The Morgan fingerprint density at radius 2 is 2.06 bits per heavy atom. The molecule has 0 radical (unpaired) electrons. The first-order valence-electron chi connectivity index (χ1n) is 4.62. The minimum absolute atomic E-state index is 0.500. The lowest BCUT2D eigenvalue weighted by atomic mass is 10.3. The molecule has 0 saturated heterocycles. The molecule has 0 aliphatic heterocycles. The predicted octanol–water partition coefficient (Wildman–Crippen LogP) is 2.17. The smallest absolute Gasteiger partial charge is 0.318 e. The minimum atomic E-state index is -0.902. The predicted molar refractivity (Wildman–Crippen MR) is 69.7 cm³/mol. The van der Waals surface area contributed by atoms with Crippen LogP contribution in [0.2, 0.25) is 0 Å². The van der Waals surface area contributed by atoms with Gasteiger partial charge in [-0.25, -0.2) is 4.79 Å². The monoisotopic (exact) mass is 364 g/mol. The van der Waals surface area contributed by atoms with Crippen LogP contribution in [-0.4, -0.2) is 18.0 Å². The van der Waals surface area contributed by atoms with E-state index in [-0.39, 0.29) is 0 Å². The van der Waals surface area contributed by atoms with Crippen LogP contribution in [0.15, 0.2) is 27.1 Å². The second kappa shape index (κ2) is 6.02. The maximum absolute atomic E-state index is 11.4. The topological polar surface area (TPSA) is 81.4 Å². The number of primary amides is 1. The quantitative estimate of drug-likeness (QED) is 0.861. The Kier molecular flexibility index (Phi) is 4.95. The third-order valence-corrected chi connectivity index (χ3v) is 2.93. The van der Waals surface area contributed by atoms with Gasteiger partial charge in [0.1, 0.15) is 5.75 Å². The van der Waals surface area contributed by atoms with Crippen LogP contribution >= 0.6 is 31.9 Å². The van der Waals surface area contributed by atoms with Crippen molar-refractivity contribution >= 4 is 43.8 Å². The molecule has 5 nitrogen and oxygen atoms in total. The molecule has 0 aromatic heterocycles. The van der Waals surface area contributed by atoms with Gasteiger partial charge in [-0.15, -0.1) is 0 Å². The number of urea groups is 1. The van der Waals surface area contributed by atoms with Crippen LogP contribution in [0.25, 0.3) is 0 Å². The third kappa shape index (κ3) is 4.35. The SMILES string of the molecule is C[C@H](Oc1ccc(Br)cc1Br)C(=O)NC(N)=O. The Labute approximate surface area is 115 Å². The summed E-state index contributed by atoms with van der Waals surface area (Å²) in [6, 6.07) is 4.36. The highest BCUT2D eigenvalue weighted by atomic mass is 79.9. The summed E-state index contributed by atoms with van der Waals surface area (Å²) in [5, 5.41) is 1.94. The van der Waals surface area contributed by atoms with Crippen LogP contribution in [0.5, 0.6) is 5.75 Å². The van der Waals surface area contributed by atoms with Crippen molar-refractivity contribution in [3.63, 3.8) is 0 Å². The van der Waals surface area contributed by atoms with E-state index in [4.69, 9.17) is 10.5 Å². The summed E-state index contributed by atoms with van der Waals surface area (Å²) in [4.78, 5) is 21.9. The number of ether oxygens (including phenoxy) is 1. The number of nitrogens with one attached hydrogen (secondary N) is 1. The summed E-state index contributed by atoms with van der Waals surface area (Å²) in [6.07, 6.45) is -0.819. The highest BCUT2D eigenvalue weighted by Gasteiger charge is 2.17. The highest BCUT2D eigenvalue weighted by molar-refractivity contribution is 9.11. The Balaban J connectivity index is 2.70. The Morgan fingerprint density at radius 3 is 2.59 bits per heavy atom. The normalized spacial score (nSPS) is 11.7. The van der Waals surface area contributed by atoms with E-state index in [1.165, 1.54) is 6.92 Å². The molecule has 3 N–H and O–H groups in total. The van der Waals surface area contributed by atoms with Crippen molar-refractivity contribution in [1.82, 2.24) is 5.32 Å². The largest absolute Gasteiger partial charge is 0.480 e. The van der Waals surface area contributed by atoms with Gasteiger partial charge in [0, 0.05) is 4.47 Å². The van der Waals surface area contributed by atoms with Gasteiger partial charge in [-0.05, 0) is 41.1 Å². The number of hydrogen-bond acceptors (Lipinski definition) is 3. The molecule has 1 atom stereocenters. The Bertz CT molecular complexity index is 451. The maximum atomic E-state index is 11.4. The van der Waals surface area contributed by atoms with Gasteiger partial charge in [0.2, 0.25) is 0 Å². The summed E-state index contributed by atoms with van der Waals surface area (Å²) in [7, 11) is 0. The van der Waals surface area contributed by atoms with E-state index in [9.17, 15) is 9.59 Å². The van der Waals surface area contributed by atoms with E-state index in [1.807, 2.05) is 5.32 Å². The van der Waals surface area contributed by atoms with Crippen molar-refractivity contribution in [2.45, 2.75) is 13.0 Å². The molecule has 0 fully saturated rings. The molecule has 1 aromatic carbocycles. The molecule has 0 bridgehead atoms. The van der Waals surface area contributed by atoms with Gasteiger partial charge in [0.25, 0.3) is 5.91 Å². The molecule has 1 rings (SSSR count). The maximum Gasteiger partial charge on any atom is 0.318 e. The Hall–Kier alpha value is -1.08. The van der Waals surface area contributed by atoms with Gasteiger partial charge in [-0.3, -0.25) is 10.1 Å². The van der Waals surface area contributed by atoms with Gasteiger partial charge in [0.05, 0.1) is 4.47 Å². The molecule has 0 unspecified atom stereocenters. The van der Waals surface area contributed by atoms with Gasteiger partial charge in [-0.2, -0.15) is 0 Å². The van der Waals surface area contributed by atoms with Gasteiger partial charge in [-0.1, -0.05) is 15.9 Å². The average Bonchev–Trinajstić information content (AvgIpc) is 2.21. The second-order valence-electron chi connectivity index (χ2n) is 3.19. The van der Waals surface area contributed by atoms with Crippen molar-refractivity contribution in [3.8, 4) is 5.75 Å². The molecule has 0 saturated carbocycles. The highest BCUT2D eigenvalue weighted by Crippen LogP contribution is 2.28. The molecule has 0 aliphatic rings. The van der Waals surface area contributed by atoms with Crippen molar-refractivity contribution < 1.29 is 14.3 Å². The van der Waals surface area contributed by atoms with Crippen LogP contribution in [0.3, 0.4) is 0 Å². The summed E-state index contributed by atoms with van der Waals surface area (Å²) in [5.41, 5.74) is 4.83. The van der Waals surface area contributed by atoms with Crippen molar-refractivity contribution in [2.75, 3.05) is 0 Å². The molecule has 0 heterocycles. The van der Waals surface area contributed by atoms with Crippen LogP contribution < -0.4 is 15.8 Å². The summed E-state index contributed by atoms with van der Waals surface area (Å²) in [5.74, 6) is -0.0901. The molecule has 3 amide bonds. The summed E-state index contributed by atoms with van der Waals surface area (Å²) >= 11 is 6.60. The lowest BCUT2D eigenvalue weighted by Gasteiger charge is -2.14. The fraction of sp³-hybridized carbons (Fsp3) is 0.200. The van der Waals surface area contributed by atoms with Crippen molar-refractivity contribution in [3.05, 3.63) is 27.1 Å². The molecule has 0 spiro atoms. The molecule has 0 aliphatic carbocycles. The minimum Gasteiger partial charge on any atom is -0.480 e. The first kappa shape index (κ1) is 14.0. The molecule has 92 valence electrons. The number of halogens is 2. The van der Waals surface area contributed by atoms with Crippen LogP contribution in [0.4, 0.5) is 4.79 Å². The van der Waals surface area contributed by atoms with Crippen LogP contribution in [0.1, 0.15) is 6.92 Å². The first-order chi connectivity index (χ1) is 7.90. The third-order valence-electron chi connectivity index (χ3n) is 1.81.